The van der Waals surface area contributed by atoms with Crippen molar-refractivity contribution in [3.05, 3.63) is 65.4 Å². The number of fused-ring (bicyclic) bond motifs is 1. The van der Waals surface area contributed by atoms with Crippen molar-refractivity contribution in [1.29, 1.82) is 0 Å². The molecule has 0 fully saturated rings. The standard InChI is InChI=1S/C23H30N4O2.HI/c1-17-4-9-21-19(16-26-22(21)14-17)10-11-25-23(24-2)27-15-18-5-7-20(8-6-18)29-13-12-28-3;/h4-9,14,16,26H,10-13,15H2,1-3H3,(H2,24,25,27);1H. The van der Waals surface area contributed by atoms with Crippen LogP contribution < -0.4 is 15.4 Å². The second kappa shape index (κ2) is 12.4. The van der Waals surface area contributed by atoms with Crippen LogP contribution in [0.1, 0.15) is 16.7 Å². The highest BCUT2D eigenvalue weighted by Crippen LogP contribution is 2.19. The lowest BCUT2D eigenvalue weighted by Gasteiger charge is -2.12. The Labute approximate surface area is 195 Å². The first kappa shape index (κ1) is 24.0. The van der Waals surface area contributed by atoms with Crippen molar-refractivity contribution in [3.63, 3.8) is 0 Å². The molecule has 3 aromatic rings. The summed E-state index contributed by atoms with van der Waals surface area (Å²) in [6.07, 6.45) is 3.02. The molecule has 3 N–H and O–H groups in total. The molecule has 162 valence electrons. The third-order valence-corrected chi connectivity index (χ3v) is 4.77. The van der Waals surface area contributed by atoms with Crippen LogP contribution in [-0.4, -0.2) is 44.9 Å². The van der Waals surface area contributed by atoms with Crippen LogP contribution in [0.3, 0.4) is 0 Å². The summed E-state index contributed by atoms with van der Waals surface area (Å²) in [6, 6.07) is 14.6. The van der Waals surface area contributed by atoms with Crippen molar-refractivity contribution in [2.75, 3.05) is 33.9 Å². The Bertz CT molecular complexity index is 938. The number of nitrogens with zero attached hydrogens (tertiary/aromatic N) is 1. The quantitative estimate of drug-likeness (QED) is 0.172. The molecule has 0 amide bonds. The van der Waals surface area contributed by atoms with E-state index in [-0.39, 0.29) is 24.0 Å². The molecule has 0 atom stereocenters. The van der Waals surface area contributed by atoms with Gasteiger partial charge in [0.05, 0.1) is 6.61 Å². The van der Waals surface area contributed by atoms with Crippen LogP contribution in [0.2, 0.25) is 0 Å². The van der Waals surface area contributed by atoms with Gasteiger partial charge >= 0.3 is 0 Å². The average Bonchev–Trinajstić information content (AvgIpc) is 3.13. The molecule has 30 heavy (non-hydrogen) atoms. The molecular formula is C23H31IN4O2. The van der Waals surface area contributed by atoms with Gasteiger partial charge in [-0.1, -0.05) is 24.3 Å². The van der Waals surface area contributed by atoms with Crippen LogP contribution in [0.5, 0.6) is 5.75 Å². The number of aromatic amines is 1. The van der Waals surface area contributed by atoms with Crippen molar-refractivity contribution in [1.82, 2.24) is 15.6 Å². The van der Waals surface area contributed by atoms with Crippen molar-refractivity contribution < 1.29 is 9.47 Å². The molecule has 1 heterocycles. The number of hydrogen-bond donors (Lipinski definition) is 3. The number of ether oxygens (including phenoxy) is 2. The number of H-pyrrole nitrogens is 1. The molecular weight excluding hydrogens is 491 g/mol. The van der Waals surface area contributed by atoms with E-state index < -0.39 is 0 Å². The topological polar surface area (TPSA) is 70.7 Å². The van der Waals surface area contributed by atoms with E-state index in [9.17, 15) is 0 Å². The highest BCUT2D eigenvalue weighted by molar-refractivity contribution is 14.0. The summed E-state index contributed by atoms with van der Waals surface area (Å²) in [5.41, 5.74) is 4.94. The Morgan fingerprint density at radius 3 is 2.60 bits per heavy atom. The molecule has 0 bridgehead atoms. The van der Waals surface area contributed by atoms with E-state index in [1.54, 1.807) is 14.2 Å². The van der Waals surface area contributed by atoms with E-state index >= 15 is 0 Å². The molecule has 7 heteroatoms. The van der Waals surface area contributed by atoms with Crippen molar-refractivity contribution in [2.45, 2.75) is 19.9 Å². The second-order valence-corrected chi connectivity index (χ2v) is 6.95. The zero-order chi connectivity index (χ0) is 20.5. The summed E-state index contributed by atoms with van der Waals surface area (Å²) < 4.78 is 10.6. The number of aromatic nitrogens is 1. The van der Waals surface area contributed by atoms with Gasteiger partial charge < -0.3 is 25.1 Å². The molecule has 1 aromatic heterocycles. The fraction of sp³-hybridized carbons (Fsp3) is 0.348. The number of rotatable bonds is 9. The highest BCUT2D eigenvalue weighted by Gasteiger charge is 2.05. The number of aryl methyl sites for hydroxylation is 1. The van der Waals surface area contributed by atoms with E-state index in [2.05, 4.69) is 64.1 Å². The first-order valence-electron chi connectivity index (χ1n) is 9.91. The van der Waals surface area contributed by atoms with Gasteiger partial charge in [0, 0.05) is 44.3 Å². The number of halogens is 1. The van der Waals surface area contributed by atoms with E-state index in [1.165, 1.54) is 27.6 Å². The fourth-order valence-electron chi connectivity index (χ4n) is 3.18. The summed E-state index contributed by atoms with van der Waals surface area (Å²) in [5, 5.41) is 8.02. The molecule has 0 spiro atoms. The Morgan fingerprint density at radius 1 is 1.07 bits per heavy atom. The zero-order valence-corrected chi connectivity index (χ0v) is 20.2. The maximum absolute atomic E-state index is 5.59. The summed E-state index contributed by atoms with van der Waals surface area (Å²) in [5.74, 6) is 1.64. The Morgan fingerprint density at radius 2 is 1.87 bits per heavy atom. The lowest BCUT2D eigenvalue weighted by molar-refractivity contribution is 0.146. The van der Waals surface area contributed by atoms with Gasteiger partial charge in [-0.2, -0.15) is 0 Å². The van der Waals surface area contributed by atoms with Crippen LogP contribution in [0.4, 0.5) is 0 Å². The van der Waals surface area contributed by atoms with Crippen molar-refractivity contribution in [3.8, 4) is 5.75 Å². The minimum Gasteiger partial charge on any atom is -0.491 e. The maximum atomic E-state index is 5.59. The monoisotopic (exact) mass is 522 g/mol. The Balaban J connectivity index is 0.00000320. The van der Waals surface area contributed by atoms with Gasteiger partial charge in [0.25, 0.3) is 0 Å². The third kappa shape index (κ3) is 6.91. The van der Waals surface area contributed by atoms with E-state index in [0.29, 0.717) is 19.8 Å². The fourth-order valence-corrected chi connectivity index (χ4v) is 3.18. The van der Waals surface area contributed by atoms with Gasteiger partial charge in [0.1, 0.15) is 12.4 Å². The number of guanidine groups is 1. The van der Waals surface area contributed by atoms with Crippen LogP contribution in [0.15, 0.2) is 53.7 Å². The first-order valence-corrected chi connectivity index (χ1v) is 9.91. The molecule has 0 aliphatic carbocycles. The van der Waals surface area contributed by atoms with Crippen LogP contribution in [-0.2, 0) is 17.7 Å². The smallest absolute Gasteiger partial charge is 0.191 e. The van der Waals surface area contributed by atoms with Gasteiger partial charge in [-0.05, 0) is 48.2 Å². The predicted octanol–water partition coefficient (Wildman–Crippen LogP) is 4.03. The molecule has 0 unspecified atom stereocenters. The van der Waals surface area contributed by atoms with Gasteiger partial charge in [0.2, 0.25) is 0 Å². The number of benzene rings is 2. The van der Waals surface area contributed by atoms with Crippen LogP contribution in [0.25, 0.3) is 10.9 Å². The summed E-state index contributed by atoms with van der Waals surface area (Å²) in [4.78, 5) is 7.67. The lowest BCUT2D eigenvalue weighted by Crippen LogP contribution is -2.37. The minimum atomic E-state index is 0. The van der Waals surface area contributed by atoms with Crippen LogP contribution in [0, 0.1) is 6.92 Å². The largest absolute Gasteiger partial charge is 0.491 e. The Kier molecular flexibility index (Phi) is 9.96. The number of nitrogens with one attached hydrogen (secondary N) is 3. The molecule has 2 aromatic carbocycles. The molecule has 0 aliphatic rings. The molecule has 0 aliphatic heterocycles. The number of aliphatic imine (C=N–C) groups is 1. The summed E-state index contributed by atoms with van der Waals surface area (Å²) >= 11 is 0. The predicted molar refractivity (Wildman–Crippen MR) is 134 cm³/mol. The maximum Gasteiger partial charge on any atom is 0.191 e. The first-order chi connectivity index (χ1) is 14.2. The zero-order valence-electron chi connectivity index (χ0n) is 17.8. The highest BCUT2D eigenvalue weighted by atomic mass is 127. The number of hydrogen-bond acceptors (Lipinski definition) is 3. The number of methoxy groups -OCH3 is 1. The van der Waals surface area contributed by atoms with E-state index in [4.69, 9.17) is 9.47 Å². The second-order valence-electron chi connectivity index (χ2n) is 6.95. The van der Waals surface area contributed by atoms with Gasteiger partial charge in [0.15, 0.2) is 5.96 Å². The van der Waals surface area contributed by atoms with Gasteiger partial charge in [-0.15, -0.1) is 24.0 Å². The third-order valence-electron chi connectivity index (χ3n) is 4.77. The average molecular weight is 522 g/mol. The molecule has 3 rings (SSSR count). The molecule has 0 saturated carbocycles. The van der Waals surface area contributed by atoms with Crippen molar-refractivity contribution >= 4 is 40.8 Å². The molecule has 6 nitrogen and oxygen atoms in total. The van der Waals surface area contributed by atoms with Crippen LogP contribution >= 0.6 is 24.0 Å². The molecule has 0 radical (unpaired) electrons. The minimum absolute atomic E-state index is 0. The van der Waals surface area contributed by atoms with Gasteiger partial charge in [-0.3, -0.25) is 4.99 Å². The lowest BCUT2D eigenvalue weighted by atomic mass is 10.1. The molecule has 0 saturated heterocycles. The van der Waals surface area contributed by atoms with Gasteiger partial charge in [-0.25, -0.2) is 0 Å². The van der Waals surface area contributed by atoms with E-state index in [1.807, 2.05) is 12.1 Å². The SMILES string of the molecule is CN=C(NCCc1c[nH]c2cc(C)ccc12)NCc1ccc(OCCOC)cc1.I. The van der Waals surface area contributed by atoms with Crippen molar-refractivity contribution in [2.24, 2.45) is 4.99 Å². The Hall–Kier alpha value is -2.26. The summed E-state index contributed by atoms with van der Waals surface area (Å²) in [6.45, 7) is 4.76. The normalized spacial score (nSPS) is 11.2. The summed E-state index contributed by atoms with van der Waals surface area (Å²) in [7, 11) is 3.46. The van der Waals surface area contributed by atoms with E-state index in [0.717, 1.165) is 24.7 Å².